The van der Waals surface area contributed by atoms with Crippen molar-refractivity contribution in [3.8, 4) is 0 Å². The van der Waals surface area contributed by atoms with Gasteiger partial charge in [-0.2, -0.15) is 0 Å². The van der Waals surface area contributed by atoms with E-state index in [2.05, 4.69) is 10.3 Å². The van der Waals surface area contributed by atoms with E-state index in [-0.39, 0.29) is 12.5 Å². The fourth-order valence-electron chi connectivity index (χ4n) is 3.89. The number of unbranched alkanes of at least 4 members (excludes halogenated alkanes) is 1. The van der Waals surface area contributed by atoms with Gasteiger partial charge in [-0.05, 0) is 55.7 Å². The van der Waals surface area contributed by atoms with E-state index in [0.717, 1.165) is 12.8 Å². The van der Waals surface area contributed by atoms with Crippen molar-refractivity contribution in [1.82, 2.24) is 4.98 Å². The van der Waals surface area contributed by atoms with E-state index in [1.165, 1.54) is 32.1 Å². The van der Waals surface area contributed by atoms with Crippen LogP contribution in [0.1, 0.15) is 51.4 Å². The summed E-state index contributed by atoms with van der Waals surface area (Å²) in [5, 5.41) is 11.8. The van der Waals surface area contributed by atoms with Gasteiger partial charge < -0.3 is 19.9 Å². The van der Waals surface area contributed by atoms with Crippen molar-refractivity contribution in [3.05, 3.63) is 36.4 Å². The fourth-order valence-corrected chi connectivity index (χ4v) is 3.89. The van der Waals surface area contributed by atoms with Gasteiger partial charge in [0, 0.05) is 19.2 Å². The summed E-state index contributed by atoms with van der Waals surface area (Å²) < 4.78 is 11.7. The largest absolute Gasteiger partial charge is 0.459 e. The molecule has 1 aliphatic carbocycles. The number of aliphatic hydroxyl groups excluding tert-OH is 1. The molecular weight excluding hydrogens is 344 g/mol. The number of carbonyl (C=O) groups excluding carboxylic acids is 1. The molecular formula is C21H30N2O4. The number of aliphatic hydroxyl groups is 1. The molecule has 1 amide bonds. The van der Waals surface area contributed by atoms with Crippen molar-refractivity contribution < 1.29 is 19.4 Å². The zero-order valence-corrected chi connectivity index (χ0v) is 15.8. The Kier molecular flexibility index (Phi) is 7.66. The number of amides is 1. The van der Waals surface area contributed by atoms with E-state index >= 15 is 0 Å². The number of carbonyl (C=O) groups is 1. The molecule has 3 rings (SSSR count). The second kappa shape index (κ2) is 10.4. The molecule has 6 nitrogen and oxygen atoms in total. The topological polar surface area (TPSA) is 80.7 Å². The molecule has 2 atom stereocenters. The second-order valence-electron chi connectivity index (χ2n) is 7.37. The van der Waals surface area contributed by atoms with Crippen molar-refractivity contribution in [1.29, 1.82) is 0 Å². The number of hydrogen-bond acceptors (Lipinski definition) is 5. The van der Waals surface area contributed by atoms with Crippen LogP contribution in [0.3, 0.4) is 0 Å². The van der Waals surface area contributed by atoms with Crippen molar-refractivity contribution in [2.24, 2.45) is 11.8 Å². The van der Waals surface area contributed by atoms with Crippen LogP contribution in [0.5, 0.6) is 0 Å². The summed E-state index contributed by atoms with van der Waals surface area (Å²) in [5.74, 6) is 0.976. The van der Waals surface area contributed by atoms with Crippen LogP contribution in [0.15, 0.2) is 36.4 Å². The summed E-state index contributed by atoms with van der Waals surface area (Å²) in [6.45, 7) is 0.693. The molecule has 2 N–H and O–H groups in total. The van der Waals surface area contributed by atoms with Crippen molar-refractivity contribution in [3.63, 3.8) is 0 Å². The number of pyridine rings is 1. The Hall–Kier alpha value is -1.92. The maximum absolute atomic E-state index is 12.7. The molecule has 0 unspecified atom stereocenters. The van der Waals surface area contributed by atoms with E-state index in [0.29, 0.717) is 36.3 Å². The standard InChI is InChI=1S/C21H30N2O4/c24-11-4-5-12-26-20-14-17(16-7-2-1-3-8-16)13-19(27-20)21(25)23-18-9-6-10-22-15-18/h6,9-10,13,15-17,20,24H,1-5,7-8,11-12,14H2,(H,23,25)/t17-,20+/m1/s1. The lowest BCUT2D eigenvalue weighted by Crippen LogP contribution is -2.33. The van der Waals surface area contributed by atoms with Crippen LogP contribution in [-0.4, -0.2) is 35.5 Å². The Morgan fingerprint density at radius 3 is 2.89 bits per heavy atom. The third-order valence-corrected chi connectivity index (χ3v) is 5.34. The summed E-state index contributed by atoms with van der Waals surface area (Å²) in [5.41, 5.74) is 0.646. The molecule has 0 bridgehead atoms. The van der Waals surface area contributed by atoms with Crippen LogP contribution < -0.4 is 5.32 Å². The lowest BCUT2D eigenvalue weighted by Gasteiger charge is -2.35. The van der Waals surface area contributed by atoms with E-state index in [1.807, 2.05) is 6.08 Å². The first-order valence-electron chi connectivity index (χ1n) is 10.1. The van der Waals surface area contributed by atoms with Crippen LogP contribution in [0, 0.1) is 11.8 Å². The number of allylic oxidation sites excluding steroid dienone is 1. The second-order valence-corrected chi connectivity index (χ2v) is 7.37. The number of ether oxygens (including phenoxy) is 2. The number of nitrogens with one attached hydrogen (secondary N) is 1. The minimum absolute atomic E-state index is 0.165. The van der Waals surface area contributed by atoms with Crippen molar-refractivity contribution in [2.75, 3.05) is 18.5 Å². The highest BCUT2D eigenvalue weighted by molar-refractivity contribution is 6.02. The van der Waals surface area contributed by atoms with E-state index in [4.69, 9.17) is 14.6 Å². The number of aromatic nitrogens is 1. The number of anilines is 1. The highest BCUT2D eigenvalue weighted by Gasteiger charge is 2.32. The first-order chi connectivity index (χ1) is 13.3. The quantitative estimate of drug-likeness (QED) is 0.679. The molecule has 0 saturated heterocycles. The highest BCUT2D eigenvalue weighted by Crippen LogP contribution is 2.37. The Balaban J connectivity index is 1.66. The number of nitrogens with zero attached hydrogens (tertiary/aromatic N) is 1. The summed E-state index contributed by atoms with van der Waals surface area (Å²) in [4.78, 5) is 16.7. The Morgan fingerprint density at radius 2 is 2.15 bits per heavy atom. The maximum Gasteiger partial charge on any atom is 0.290 e. The van der Waals surface area contributed by atoms with Gasteiger partial charge in [0.2, 0.25) is 6.29 Å². The fraction of sp³-hybridized carbons (Fsp3) is 0.619. The van der Waals surface area contributed by atoms with E-state index in [9.17, 15) is 4.79 Å². The lowest BCUT2D eigenvalue weighted by molar-refractivity contribution is -0.149. The minimum atomic E-state index is -0.407. The molecule has 6 heteroatoms. The van der Waals surface area contributed by atoms with E-state index < -0.39 is 6.29 Å². The first-order valence-corrected chi connectivity index (χ1v) is 10.1. The lowest BCUT2D eigenvalue weighted by atomic mass is 9.77. The van der Waals surface area contributed by atoms with Crippen LogP contribution >= 0.6 is 0 Å². The summed E-state index contributed by atoms with van der Waals surface area (Å²) in [6.07, 6.45) is 13.4. The molecule has 0 radical (unpaired) electrons. The van der Waals surface area contributed by atoms with Gasteiger partial charge in [0.05, 0.1) is 18.5 Å². The third-order valence-electron chi connectivity index (χ3n) is 5.34. The number of rotatable bonds is 8. The van der Waals surface area contributed by atoms with Gasteiger partial charge in [-0.3, -0.25) is 9.78 Å². The molecule has 27 heavy (non-hydrogen) atoms. The predicted octanol–water partition coefficient (Wildman–Crippen LogP) is 3.64. The Morgan fingerprint density at radius 1 is 1.30 bits per heavy atom. The molecule has 2 aliphatic rings. The molecule has 1 aliphatic heterocycles. The summed E-state index contributed by atoms with van der Waals surface area (Å²) >= 11 is 0. The SMILES string of the molecule is O=C(Nc1cccnc1)C1=C[C@@H](C2CCCCC2)C[C@@H](OCCCCO)O1. The molecule has 1 aromatic rings. The molecule has 0 spiro atoms. The molecule has 0 aromatic carbocycles. The summed E-state index contributed by atoms with van der Waals surface area (Å²) in [7, 11) is 0. The monoisotopic (exact) mass is 374 g/mol. The van der Waals surface area contributed by atoms with Crippen LogP contribution in [0.25, 0.3) is 0 Å². The average Bonchev–Trinajstić information content (AvgIpc) is 2.72. The van der Waals surface area contributed by atoms with Gasteiger partial charge in [-0.1, -0.05) is 19.3 Å². The Labute approximate surface area is 161 Å². The van der Waals surface area contributed by atoms with Gasteiger partial charge in [-0.25, -0.2) is 0 Å². The van der Waals surface area contributed by atoms with E-state index in [1.54, 1.807) is 24.5 Å². The maximum atomic E-state index is 12.7. The molecule has 1 aromatic heterocycles. The van der Waals surface area contributed by atoms with Gasteiger partial charge >= 0.3 is 0 Å². The van der Waals surface area contributed by atoms with Gasteiger partial charge in [0.15, 0.2) is 5.76 Å². The minimum Gasteiger partial charge on any atom is -0.459 e. The van der Waals surface area contributed by atoms with Gasteiger partial charge in [-0.15, -0.1) is 0 Å². The van der Waals surface area contributed by atoms with Crippen LogP contribution in [0.2, 0.25) is 0 Å². The van der Waals surface area contributed by atoms with Crippen LogP contribution in [-0.2, 0) is 14.3 Å². The van der Waals surface area contributed by atoms with Gasteiger partial charge in [0.25, 0.3) is 5.91 Å². The number of hydrogen-bond donors (Lipinski definition) is 2. The molecule has 2 heterocycles. The molecule has 1 fully saturated rings. The summed E-state index contributed by atoms with van der Waals surface area (Å²) in [6, 6.07) is 3.58. The highest BCUT2D eigenvalue weighted by atomic mass is 16.7. The zero-order valence-electron chi connectivity index (χ0n) is 15.8. The predicted molar refractivity (Wildman–Crippen MR) is 103 cm³/mol. The third kappa shape index (κ3) is 6.04. The molecule has 1 saturated carbocycles. The zero-order chi connectivity index (χ0) is 18.9. The first kappa shape index (κ1) is 19.8. The van der Waals surface area contributed by atoms with Crippen molar-refractivity contribution >= 4 is 11.6 Å². The van der Waals surface area contributed by atoms with Crippen LogP contribution in [0.4, 0.5) is 5.69 Å². The Bertz CT molecular complexity index is 614. The molecule has 148 valence electrons. The smallest absolute Gasteiger partial charge is 0.290 e. The van der Waals surface area contributed by atoms with Gasteiger partial charge in [0.1, 0.15) is 0 Å². The average molecular weight is 374 g/mol. The van der Waals surface area contributed by atoms with Crippen molar-refractivity contribution in [2.45, 2.75) is 57.7 Å². The normalized spacial score (nSPS) is 23.4.